The zero-order valence-corrected chi connectivity index (χ0v) is 19.4. The first kappa shape index (κ1) is 23.5. The molecular weight excluding hydrogens is 428 g/mol. The molecule has 0 saturated heterocycles. The van der Waals surface area contributed by atoms with Gasteiger partial charge in [0.05, 0.1) is 0 Å². The van der Waals surface area contributed by atoms with E-state index in [1.807, 2.05) is 91.0 Å². The maximum Gasteiger partial charge on any atom is 0.335 e. The smallest absolute Gasteiger partial charge is 0.335 e. The van der Waals surface area contributed by atoms with Gasteiger partial charge >= 0.3 is 5.97 Å². The molecule has 35 heavy (non-hydrogen) atoms. The van der Waals surface area contributed by atoms with Crippen LogP contribution in [0.4, 0.5) is 0 Å². The summed E-state index contributed by atoms with van der Waals surface area (Å²) in [6.07, 6.45) is 13.5. The largest absolute Gasteiger partial charge is 0.423 e. The monoisotopic (exact) mass is 454 g/mol. The first-order valence-corrected chi connectivity index (χ1v) is 11.4. The maximum atomic E-state index is 12.1. The van der Waals surface area contributed by atoms with Crippen LogP contribution in [-0.4, -0.2) is 5.97 Å². The zero-order valence-electron chi connectivity index (χ0n) is 19.4. The van der Waals surface area contributed by atoms with Crippen LogP contribution < -0.4 is 4.74 Å². The Labute approximate surface area is 206 Å². The van der Waals surface area contributed by atoms with Gasteiger partial charge in [0.2, 0.25) is 0 Å². The number of hydrogen-bond acceptors (Lipinski definition) is 2. The normalized spacial score (nSPS) is 11.3. The van der Waals surface area contributed by atoms with Gasteiger partial charge in [-0.3, -0.25) is 0 Å². The molecule has 0 spiro atoms. The van der Waals surface area contributed by atoms with Crippen LogP contribution in [0.25, 0.3) is 36.5 Å². The third kappa shape index (κ3) is 6.66. The van der Waals surface area contributed by atoms with E-state index in [1.165, 1.54) is 6.08 Å². The van der Waals surface area contributed by atoms with E-state index in [0.29, 0.717) is 5.75 Å². The molecule has 0 aliphatic carbocycles. The molecule has 0 aromatic heterocycles. The Morgan fingerprint density at radius 3 is 1.49 bits per heavy atom. The standard InChI is InChI=1S/C33H26O2/c1-2-33(34)35-32-25-22-29(21-18-26-12-6-3-7-13-26)30(23-19-27-14-8-4-9-15-27)31(32)24-20-28-16-10-5-11-17-28/h2-25H,1H2/b21-18+,23-19+,24-20+. The minimum Gasteiger partial charge on any atom is -0.423 e. The van der Waals surface area contributed by atoms with Gasteiger partial charge in [0.1, 0.15) is 5.75 Å². The summed E-state index contributed by atoms with van der Waals surface area (Å²) in [6.45, 7) is 3.54. The fourth-order valence-electron chi connectivity index (χ4n) is 3.61. The Bertz CT molecular complexity index is 1360. The molecule has 0 heterocycles. The number of ether oxygens (including phenoxy) is 1. The van der Waals surface area contributed by atoms with Crippen molar-refractivity contribution >= 4 is 42.4 Å². The molecule has 0 amide bonds. The van der Waals surface area contributed by atoms with Gasteiger partial charge in [0.25, 0.3) is 0 Å². The minimum absolute atomic E-state index is 0.478. The quantitative estimate of drug-likeness (QED) is 0.116. The predicted molar refractivity (Wildman–Crippen MR) is 148 cm³/mol. The molecule has 4 rings (SSSR count). The van der Waals surface area contributed by atoms with Crippen molar-refractivity contribution in [1.29, 1.82) is 0 Å². The highest BCUT2D eigenvalue weighted by Gasteiger charge is 2.12. The summed E-state index contributed by atoms with van der Waals surface area (Å²) in [5, 5.41) is 0. The zero-order chi connectivity index (χ0) is 24.3. The summed E-state index contributed by atoms with van der Waals surface area (Å²) >= 11 is 0. The average molecular weight is 455 g/mol. The van der Waals surface area contributed by atoms with Gasteiger partial charge < -0.3 is 4.74 Å². The first-order chi connectivity index (χ1) is 17.2. The van der Waals surface area contributed by atoms with Gasteiger partial charge in [0.15, 0.2) is 0 Å². The summed E-state index contributed by atoms with van der Waals surface area (Å²) in [6, 6.07) is 34.1. The van der Waals surface area contributed by atoms with Crippen molar-refractivity contribution in [2.45, 2.75) is 0 Å². The number of carbonyl (C=O) groups excluding carboxylic acids is 1. The Kier molecular flexibility index (Phi) is 8.02. The van der Waals surface area contributed by atoms with Crippen LogP contribution in [0.3, 0.4) is 0 Å². The van der Waals surface area contributed by atoms with Crippen molar-refractivity contribution in [3.63, 3.8) is 0 Å². The molecule has 4 aromatic rings. The SMILES string of the molecule is C=CC(=O)Oc1ccc(/C=C/c2ccccc2)c(/C=C/c2ccccc2)c1/C=C/c1ccccc1. The van der Waals surface area contributed by atoms with Crippen molar-refractivity contribution in [2.24, 2.45) is 0 Å². The maximum absolute atomic E-state index is 12.1. The van der Waals surface area contributed by atoms with Crippen LogP contribution in [0.2, 0.25) is 0 Å². The highest BCUT2D eigenvalue weighted by molar-refractivity contribution is 5.90. The lowest BCUT2D eigenvalue weighted by atomic mass is 9.96. The molecule has 4 aromatic carbocycles. The molecule has 0 bridgehead atoms. The van der Waals surface area contributed by atoms with E-state index in [0.717, 1.165) is 33.4 Å². The topological polar surface area (TPSA) is 26.3 Å². The second-order valence-electron chi connectivity index (χ2n) is 7.84. The second-order valence-corrected chi connectivity index (χ2v) is 7.84. The van der Waals surface area contributed by atoms with Crippen LogP contribution in [0.1, 0.15) is 33.4 Å². The third-order valence-corrected chi connectivity index (χ3v) is 5.40. The van der Waals surface area contributed by atoms with Gasteiger partial charge in [0, 0.05) is 11.6 Å². The van der Waals surface area contributed by atoms with Crippen LogP contribution in [0, 0.1) is 0 Å². The van der Waals surface area contributed by atoms with Crippen LogP contribution in [0.5, 0.6) is 5.75 Å². The summed E-state index contributed by atoms with van der Waals surface area (Å²) in [4.78, 5) is 12.1. The predicted octanol–water partition coefficient (Wildman–Crippen LogP) is 8.29. The average Bonchev–Trinajstić information content (AvgIpc) is 2.92. The summed E-state index contributed by atoms with van der Waals surface area (Å²) < 4.78 is 5.63. The third-order valence-electron chi connectivity index (χ3n) is 5.40. The molecule has 0 aliphatic rings. The fraction of sp³-hybridized carbons (Fsp3) is 0. The lowest BCUT2D eigenvalue weighted by molar-refractivity contribution is -0.128. The van der Waals surface area contributed by atoms with Gasteiger partial charge in [-0.2, -0.15) is 0 Å². The number of rotatable bonds is 8. The van der Waals surface area contributed by atoms with Gasteiger partial charge in [-0.25, -0.2) is 4.79 Å². The van der Waals surface area contributed by atoms with Crippen molar-refractivity contribution in [3.8, 4) is 5.75 Å². The molecule has 0 unspecified atom stereocenters. The van der Waals surface area contributed by atoms with Gasteiger partial charge in [-0.1, -0.05) is 140 Å². The molecule has 170 valence electrons. The highest BCUT2D eigenvalue weighted by Crippen LogP contribution is 2.31. The van der Waals surface area contributed by atoms with E-state index in [-0.39, 0.29) is 0 Å². The highest BCUT2D eigenvalue weighted by atomic mass is 16.5. The molecule has 0 radical (unpaired) electrons. The second kappa shape index (κ2) is 12.0. The van der Waals surface area contributed by atoms with Gasteiger partial charge in [-0.15, -0.1) is 0 Å². The van der Waals surface area contributed by atoms with Gasteiger partial charge in [-0.05, 0) is 33.9 Å². The molecule has 2 nitrogen and oxygen atoms in total. The Hall–Kier alpha value is -4.69. The van der Waals surface area contributed by atoms with Crippen LogP contribution in [-0.2, 0) is 4.79 Å². The van der Waals surface area contributed by atoms with Crippen molar-refractivity contribution < 1.29 is 9.53 Å². The fourth-order valence-corrected chi connectivity index (χ4v) is 3.61. The number of esters is 1. The first-order valence-electron chi connectivity index (χ1n) is 11.4. The van der Waals surface area contributed by atoms with Crippen molar-refractivity contribution in [2.75, 3.05) is 0 Å². The van der Waals surface area contributed by atoms with E-state index in [9.17, 15) is 4.79 Å². The molecule has 0 atom stereocenters. The van der Waals surface area contributed by atoms with E-state index < -0.39 is 5.97 Å². The Morgan fingerprint density at radius 1 is 0.543 bits per heavy atom. The Balaban J connectivity index is 1.85. The minimum atomic E-state index is -0.495. The lowest BCUT2D eigenvalue weighted by Crippen LogP contribution is -2.05. The van der Waals surface area contributed by atoms with Crippen molar-refractivity contribution in [3.05, 3.63) is 149 Å². The molecule has 0 N–H and O–H groups in total. The van der Waals surface area contributed by atoms with Crippen LogP contribution >= 0.6 is 0 Å². The number of benzene rings is 4. The molecular formula is C33H26O2. The summed E-state index contributed by atoms with van der Waals surface area (Å²) in [5.41, 5.74) is 6.00. The molecule has 0 fully saturated rings. The summed E-state index contributed by atoms with van der Waals surface area (Å²) in [7, 11) is 0. The van der Waals surface area contributed by atoms with Crippen molar-refractivity contribution in [1.82, 2.24) is 0 Å². The van der Waals surface area contributed by atoms with E-state index in [4.69, 9.17) is 4.74 Å². The molecule has 0 saturated carbocycles. The van der Waals surface area contributed by atoms with E-state index in [2.05, 4.69) is 55.1 Å². The van der Waals surface area contributed by atoms with E-state index >= 15 is 0 Å². The van der Waals surface area contributed by atoms with E-state index in [1.54, 1.807) is 0 Å². The Morgan fingerprint density at radius 2 is 1.00 bits per heavy atom. The molecule has 0 aliphatic heterocycles. The number of hydrogen-bond donors (Lipinski definition) is 0. The summed E-state index contributed by atoms with van der Waals surface area (Å²) in [5.74, 6) is -0.0171. The number of carbonyl (C=O) groups is 1. The van der Waals surface area contributed by atoms with Crippen LogP contribution in [0.15, 0.2) is 116 Å². The lowest BCUT2D eigenvalue weighted by Gasteiger charge is -2.13. The molecule has 2 heteroatoms.